The van der Waals surface area contributed by atoms with Crippen LogP contribution in [0.15, 0.2) is 12.4 Å². The van der Waals surface area contributed by atoms with Crippen LogP contribution >= 0.6 is 0 Å². The van der Waals surface area contributed by atoms with Gasteiger partial charge >= 0.3 is 6.03 Å². The minimum absolute atomic E-state index is 0.0364. The Balaban J connectivity index is 1.41. The fourth-order valence-electron chi connectivity index (χ4n) is 3.81. The number of amides is 2. The molecule has 0 radical (unpaired) electrons. The molecule has 1 aromatic heterocycles. The Labute approximate surface area is 156 Å². The maximum absolute atomic E-state index is 12.6. The lowest BCUT2D eigenvalue weighted by molar-refractivity contribution is 0.0628. The molecular formula is C19H33N5O2. The Morgan fingerprint density at radius 3 is 2.77 bits per heavy atom. The van der Waals surface area contributed by atoms with E-state index in [1.807, 2.05) is 28.9 Å². The molecule has 2 aliphatic rings. The molecule has 7 heteroatoms. The molecule has 0 spiro atoms. The van der Waals surface area contributed by atoms with E-state index in [-0.39, 0.29) is 12.1 Å². The van der Waals surface area contributed by atoms with Crippen LogP contribution in [0, 0.1) is 0 Å². The number of hydrogen-bond acceptors (Lipinski definition) is 4. The zero-order valence-corrected chi connectivity index (χ0v) is 16.2. The van der Waals surface area contributed by atoms with Gasteiger partial charge < -0.3 is 19.9 Å². The molecule has 2 aliphatic heterocycles. The van der Waals surface area contributed by atoms with Gasteiger partial charge in [0.1, 0.15) is 0 Å². The van der Waals surface area contributed by atoms with Crippen molar-refractivity contribution in [2.45, 2.75) is 64.8 Å². The molecule has 0 unspecified atom stereocenters. The van der Waals surface area contributed by atoms with Crippen molar-refractivity contribution in [3.8, 4) is 0 Å². The van der Waals surface area contributed by atoms with Crippen LogP contribution < -0.4 is 5.32 Å². The molecule has 146 valence electrons. The zero-order chi connectivity index (χ0) is 18.4. The second kappa shape index (κ2) is 9.37. The lowest BCUT2D eigenvalue weighted by Gasteiger charge is -2.34. The highest BCUT2D eigenvalue weighted by Gasteiger charge is 2.25. The van der Waals surface area contributed by atoms with Gasteiger partial charge in [-0.1, -0.05) is 0 Å². The Bertz CT molecular complexity index is 562. The van der Waals surface area contributed by atoms with Crippen molar-refractivity contribution in [3.63, 3.8) is 0 Å². The monoisotopic (exact) mass is 363 g/mol. The molecular weight excluding hydrogens is 330 g/mol. The van der Waals surface area contributed by atoms with E-state index in [0.717, 1.165) is 51.2 Å². The molecule has 1 atom stereocenters. The first kappa shape index (κ1) is 19.2. The first-order chi connectivity index (χ1) is 12.7. The van der Waals surface area contributed by atoms with Gasteiger partial charge in [0, 0.05) is 57.1 Å². The standard InChI is InChI=1S/C19H33N5O2/c1-3-23(13-16-12-20-24(4-2)14-16)19(25)21-17-7-9-22(10-8-17)15-18-6-5-11-26-18/h12,14,17-18H,3-11,13,15H2,1-2H3,(H,21,25)/t18-/m1/s1. The molecule has 2 fully saturated rings. The van der Waals surface area contributed by atoms with E-state index in [1.54, 1.807) is 0 Å². The molecule has 3 rings (SSSR count). The van der Waals surface area contributed by atoms with Crippen molar-refractivity contribution in [3.05, 3.63) is 18.0 Å². The van der Waals surface area contributed by atoms with Gasteiger partial charge in [-0.15, -0.1) is 0 Å². The molecule has 0 bridgehead atoms. The van der Waals surface area contributed by atoms with E-state index in [9.17, 15) is 4.79 Å². The van der Waals surface area contributed by atoms with Crippen molar-refractivity contribution >= 4 is 6.03 Å². The van der Waals surface area contributed by atoms with Crippen LogP contribution in [-0.2, 0) is 17.8 Å². The van der Waals surface area contributed by atoms with Gasteiger partial charge in [-0.2, -0.15) is 5.10 Å². The number of aromatic nitrogens is 2. The first-order valence-electron chi connectivity index (χ1n) is 10.1. The largest absolute Gasteiger partial charge is 0.377 e. The van der Waals surface area contributed by atoms with E-state index in [2.05, 4.69) is 22.2 Å². The lowest BCUT2D eigenvalue weighted by atomic mass is 10.0. The van der Waals surface area contributed by atoms with Crippen LogP contribution in [0.5, 0.6) is 0 Å². The van der Waals surface area contributed by atoms with Crippen molar-refractivity contribution < 1.29 is 9.53 Å². The van der Waals surface area contributed by atoms with Crippen LogP contribution in [0.25, 0.3) is 0 Å². The summed E-state index contributed by atoms with van der Waals surface area (Å²) in [6.07, 6.45) is 8.70. The molecule has 1 N–H and O–H groups in total. The molecule has 2 amide bonds. The number of nitrogens with zero attached hydrogens (tertiary/aromatic N) is 4. The molecule has 0 saturated carbocycles. The number of aryl methyl sites for hydroxylation is 1. The average molecular weight is 364 g/mol. The summed E-state index contributed by atoms with van der Waals surface area (Å²) in [5, 5.41) is 7.52. The third-order valence-corrected chi connectivity index (χ3v) is 5.45. The fraction of sp³-hybridized carbons (Fsp3) is 0.789. The maximum Gasteiger partial charge on any atom is 0.317 e. The number of piperidine rings is 1. The molecule has 2 saturated heterocycles. The summed E-state index contributed by atoms with van der Waals surface area (Å²) in [7, 11) is 0. The number of carbonyl (C=O) groups excluding carboxylic acids is 1. The van der Waals surface area contributed by atoms with Crippen molar-refractivity contribution in [2.24, 2.45) is 0 Å². The van der Waals surface area contributed by atoms with Gasteiger partial charge in [-0.25, -0.2) is 4.79 Å². The minimum Gasteiger partial charge on any atom is -0.377 e. The van der Waals surface area contributed by atoms with Crippen molar-refractivity contribution in [1.29, 1.82) is 0 Å². The van der Waals surface area contributed by atoms with Crippen LogP contribution in [0.2, 0.25) is 0 Å². The third-order valence-electron chi connectivity index (χ3n) is 5.45. The van der Waals surface area contributed by atoms with E-state index in [0.29, 0.717) is 19.2 Å². The first-order valence-corrected chi connectivity index (χ1v) is 10.1. The number of carbonyl (C=O) groups is 1. The molecule has 7 nitrogen and oxygen atoms in total. The predicted octanol–water partition coefficient (Wildman–Crippen LogP) is 2.08. The highest BCUT2D eigenvalue weighted by Crippen LogP contribution is 2.17. The van der Waals surface area contributed by atoms with Crippen LogP contribution in [0.3, 0.4) is 0 Å². The maximum atomic E-state index is 12.6. The van der Waals surface area contributed by atoms with Crippen LogP contribution in [0.1, 0.15) is 45.1 Å². The minimum atomic E-state index is 0.0364. The second-order valence-corrected chi connectivity index (χ2v) is 7.38. The molecule has 26 heavy (non-hydrogen) atoms. The number of likely N-dealkylation sites (tertiary alicyclic amines) is 1. The number of nitrogens with one attached hydrogen (secondary N) is 1. The molecule has 3 heterocycles. The predicted molar refractivity (Wildman–Crippen MR) is 101 cm³/mol. The quantitative estimate of drug-likeness (QED) is 0.806. The van der Waals surface area contributed by atoms with E-state index < -0.39 is 0 Å². The normalized spacial score (nSPS) is 21.8. The topological polar surface area (TPSA) is 62.6 Å². The highest BCUT2D eigenvalue weighted by atomic mass is 16.5. The Morgan fingerprint density at radius 1 is 1.35 bits per heavy atom. The van der Waals surface area contributed by atoms with E-state index in [4.69, 9.17) is 4.74 Å². The summed E-state index contributed by atoms with van der Waals surface area (Å²) >= 11 is 0. The van der Waals surface area contributed by atoms with Crippen molar-refractivity contribution in [2.75, 3.05) is 32.8 Å². The van der Waals surface area contributed by atoms with E-state index >= 15 is 0 Å². The summed E-state index contributed by atoms with van der Waals surface area (Å²) in [5.74, 6) is 0. The molecule has 0 aliphatic carbocycles. The summed E-state index contributed by atoms with van der Waals surface area (Å²) < 4.78 is 7.63. The zero-order valence-electron chi connectivity index (χ0n) is 16.2. The van der Waals surface area contributed by atoms with Gasteiger partial charge in [0.2, 0.25) is 0 Å². The van der Waals surface area contributed by atoms with Crippen molar-refractivity contribution in [1.82, 2.24) is 24.9 Å². The molecule has 0 aromatic carbocycles. The summed E-state index contributed by atoms with van der Waals surface area (Å²) in [5.41, 5.74) is 1.08. The second-order valence-electron chi connectivity index (χ2n) is 7.38. The van der Waals surface area contributed by atoms with Gasteiger partial charge in [0.05, 0.1) is 18.8 Å². The Hall–Kier alpha value is -1.60. The summed E-state index contributed by atoms with van der Waals surface area (Å²) in [6, 6.07) is 0.310. The number of hydrogen-bond donors (Lipinski definition) is 1. The van der Waals surface area contributed by atoms with E-state index in [1.165, 1.54) is 12.8 Å². The van der Waals surface area contributed by atoms with Crippen LogP contribution in [0.4, 0.5) is 4.79 Å². The lowest BCUT2D eigenvalue weighted by Crippen LogP contribution is -2.49. The van der Waals surface area contributed by atoms with Crippen LogP contribution in [-0.4, -0.2) is 70.5 Å². The smallest absolute Gasteiger partial charge is 0.317 e. The number of rotatable bonds is 7. The number of urea groups is 1. The Kier molecular flexibility index (Phi) is 6.91. The molecule has 1 aromatic rings. The average Bonchev–Trinajstić information content (AvgIpc) is 3.33. The van der Waals surface area contributed by atoms with Gasteiger partial charge in [-0.05, 0) is 39.5 Å². The summed E-state index contributed by atoms with van der Waals surface area (Å²) in [4.78, 5) is 17.0. The fourth-order valence-corrected chi connectivity index (χ4v) is 3.81. The van der Waals surface area contributed by atoms with Gasteiger partial charge in [-0.3, -0.25) is 4.68 Å². The highest BCUT2D eigenvalue weighted by molar-refractivity contribution is 5.74. The third kappa shape index (κ3) is 5.20. The van der Waals surface area contributed by atoms with Gasteiger partial charge in [0.15, 0.2) is 0 Å². The Morgan fingerprint density at radius 2 is 2.15 bits per heavy atom. The van der Waals surface area contributed by atoms with Gasteiger partial charge in [0.25, 0.3) is 0 Å². The SMILES string of the molecule is CCN(Cc1cnn(CC)c1)C(=O)NC1CCN(C[C@H]2CCCO2)CC1. The summed E-state index contributed by atoms with van der Waals surface area (Å²) in [6.45, 7) is 10.3. The number of ether oxygens (including phenoxy) is 1.